The van der Waals surface area contributed by atoms with Gasteiger partial charge in [-0.15, -0.1) is 0 Å². The van der Waals surface area contributed by atoms with Gasteiger partial charge in [-0.25, -0.2) is 14.6 Å². The van der Waals surface area contributed by atoms with E-state index in [-0.39, 0.29) is 11.9 Å². The standard InChI is InChI=1S/C25H27N7O2/c1-34-20-7-3-2-6-19(20)25(33)28-13-16-8-10-17(11-9-16)22-21-23(26)29-15-30-24(21)32(31-22)18-5-4-12-27-14-18/h2-3,6-11,15,18,27H,4-5,12-14H2,1H3,(H,28,33)(H2,26,29,30)/t18-/m1/s1. The van der Waals surface area contributed by atoms with Gasteiger partial charge >= 0.3 is 0 Å². The third-order valence-electron chi connectivity index (χ3n) is 6.17. The molecule has 2 aromatic heterocycles. The molecular weight excluding hydrogens is 430 g/mol. The smallest absolute Gasteiger partial charge is 0.255 e. The Morgan fingerprint density at radius 3 is 2.79 bits per heavy atom. The maximum Gasteiger partial charge on any atom is 0.255 e. The third kappa shape index (κ3) is 4.17. The average Bonchev–Trinajstić information content (AvgIpc) is 3.29. The molecule has 2 aromatic carbocycles. The van der Waals surface area contributed by atoms with Crippen LogP contribution in [0.4, 0.5) is 5.82 Å². The number of rotatable bonds is 6. The van der Waals surface area contributed by atoms with Crippen LogP contribution >= 0.6 is 0 Å². The van der Waals surface area contributed by atoms with E-state index in [2.05, 4.69) is 20.6 Å². The van der Waals surface area contributed by atoms with Crippen molar-refractivity contribution in [1.29, 1.82) is 0 Å². The monoisotopic (exact) mass is 457 g/mol. The van der Waals surface area contributed by atoms with E-state index in [4.69, 9.17) is 15.6 Å². The Hall–Kier alpha value is -3.98. The highest BCUT2D eigenvalue weighted by molar-refractivity contribution is 5.98. The zero-order valence-corrected chi connectivity index (χ0v) is 19.0. The summed E-state index contributed by atoms with van der Waals surface area (Å²) >= 11 is 0. The number of anilines is 1. The molecule has 5 rings (SSSR count). The number of nitrogen functional groups attached to an aromatic ring is 1. The fourth-order valence-electron chi connectivity index (χ4n) is 4.38. The first-order valence-corrected chi connectivity index (χ1v) is 11.4. The lowest BCUT2D eigenvalue weighted by Gasteiger charge is -2.23. The summed E-state index contributed by atoms with van der Waals surface area (Å²) in [6, 6.07) is 15.3. The Morgan fingerprint density at radius 1 is 1.21 bits per heavy atom. The molecule has 0 saturated carbocycles. The van der Waals surface area contributed by atoms with Crippen molar-refractivity contribution in [2.24, 2.45) is 0 Å². The number of methoxy groups -OCH3 is 1. The summed E-state index contributed by atoms with van der Waals surface area (Å²) in [5.41, 5.74) is 10.2. The van der Waals surface area contributed by atoms with Crippen molar-refractivity contribution >= 4 is 22.8 Å². The Morgan fingerprint density at radius 2 is 2.03 bits per heavy atom. The first-order chi connectivity index (χ1) is 16.7. The van der Waals surface area contributed by atoms with E-state index in [9.17, 15) is 4.79 Å². The van der Waals surface area contributed by atoms with Gasteiger partial charge < -0.3 is 21.1 Å². The minimum absolute atomic E-state index is 0.183. The topological polar surface area (TPSA) is 120 Å². The number of fused-ring (bicyclic) bond motifs is 1. The number of nitrogens with one attached hydrogen (secondary N) is 2. The van der Waals surface area contributed by atoms with Gasteiger partial charge in [-0.05, 0) is 37.1 Å². The molecule has 4 N–H and O–H groups in total. The van der Waals surface area contributed by atoms with Crippen molar-refractivity contribution in [3.63, 3.8) is 0 Å². The molecule has 1 aliphatic heterocycles. The van der Waals surface area contributed by atoms with Crippen molar-refractivity contribution in [1.82, 2.24) is 30.4 Å². The van der Waals surface area contributed by atoms with Crippen LogP contribution in [-0.4, -0.2) is 45.9 Å². The Kier molecular flexibility index (Phi) is 6.09. The van der Waals surface area contributed by atoms with Crippen LogP contribution in [0.5, 0.6) is 5.75 Å². The molecule has 1 atom stereocenters. The summed E-state index contributed by atoms with van der Waals surface area (Å²) in [4.78, 5) is 21.3. The molecule has 1 amide bonds. The van der Waals surface area contributed by atoms with Gasteiger partial charge in [0.1, 0.15) is 23.6 Å². The highest BCUT2D eigenvalue weighted by Gasteiger charge is 2.23. The van der Waals surface area contributed by atoms with Gasteiger partial charge in [-0.2, -0.15) is 5.10 Å². The molecule has 0 aliphatic carbocycles. The molecule has 0 radical (unpaired) electrons. The first kappa shape index (κ1) is 21.8. The summed E-state index contributed by atoms with van der Waals surface area (Å²) in [6.45, 7) is 2.27. The number of carbonyl (C=O) groups is 1. The molecule has 1 aliphatic rings. The van der Waals surface area contributed by atoms with Crippen LogP contribution in [0.1, 0.15) is 34.8 Å². The number of piperidine rings is 1. The maximum atomic E-state index is 12.6. The number of hydrogen-bond donors (Lipinski definition) is 3. The number of nitrogens with zero attached hydrogens (tertiary/aromatic N) is 4. The van der Waals surface area contributed by atoms with Crippen LogP contribution in [-0.2, 0) is 6.54 Å². The molecular formula is C25H27N7O2. The van der Waals surface area contributed by atoms with Gasteiger partial charge in [0, 0.05) is 18.7 Å². The van der Waals surface area contributed by atoms with Crippen molar-refractivity contribution in [2.75, 3.05) is 25.9 Å². The summed E-state index contributed by atoms with van der Waals surface area (Å²) in [5, 5.41) is 12.1. The van der Waals surface area contributed by atoms with Crippen LogP contribution in [0.15, 0.2) is 54.9 Å². The minimum Gasteiger partial charge on any atom is -0.496 e. The second-order valence-corrected chi connectivity index (χ2v) is 8.33. The van der Waals surface area contributed by atoms with Crippen molar-refractivity contribution in [3.8, 4) is 17.0 Å². The number of aromatic nitrogens is 4. The lowest BCUT2D eigenvalue weighted by molar-refractivity contribution is 0.0948. The third-order valence-corrected chi connectivity index (χ3v) is 6.17. The minimum atomic E-state index is -0.183. The van der Waals surface area contributed by atoms with E-state index in [0.29, 0.717) is 23.7 Å². The predicted molar refractivity (Wildman–Crippen MR) is 130 cm³/mol. The number of benzene rings is 2. The normalized spacial score (nSPS) is 15.9. The lowest BCUT2D eigenvalue weighted by Crippen LogP contribution is -2.32. The molecule has 174 valence electrons. The van der Waals surface area contributed by atoms with Crippen LogP contribution in [0.25, 0.3) is 22.3 Å². The highest BCUT2D eigenvalue weighted by Crippen LogP contribution is 2.33. The fraction of sp³-hybridized carbons (Fsp3) is 0.280. The largest absolute Gasteiger partial charge is 0.496 e. The Bertz CT molecular complexity index is 1310. The molecule has 0 bridgehead atoms. The Labute approximate surface area is 197 Å². The van der Waals surface area contributed by atoms with E-state index in [0.717, 1.165) is 53.8 Å². The quantitative estimate of drug-likeness (QED) is 0.407. The number of carbonyl (C=O) groups excluding carboxylic acids is 1. The highest BCUT2D eigenvalue weighted by atomic mass is 16.5. The first-order valence-electron chi connectivity index (χ1n) is 11.4. The van der Waals surface area contributed by atoms with E-state index >= 15 is 0 Å². The number of para-hydroxylation sites is 1. The number of ether oxygens (including phenoxy) is 1. The molecule has 4 aromatic rings. The molecule has 1 saturated heterocycles. The summed E-state index contributed by atoms with van der Waals surface area (Å²) in [7, 11) is 1.55. The predicted octanol–water partition coefficient (Wildman–Crippen LogP) is 2.94. The molecule has 0 unspecified atom stereocenters. The molecule has 1 fully saturated rings. The summed E-state index contributed by atoms with van der Waals surface area (Å²) in [6.07, 6.45) is 3.62. The van der Waals surface area contributed by atoms with Crippen LogP contribution < -0.4 is 21.1 Å². The molecule has 9 heteroatoms. The maximum absolute atomic E-state index is 12.6. The zero-order chi connectivity index (χ0) is 23.5. The van der Waals surface area contributed by atoms with E-state index in [1.807, 2.05) is 41.1 Å². The van der Waals surface area contributed by atoms with E-state index in [1.165, 1.54) is 6.33 Å². The van der Waals surface area contributed by atoms with Gasteiger partial charge in [-0.1, -0.05) is 36.4 Å². The van der Waals surface area contributed by atoms with Crippen LogP contribution in [0.3, 0.4) is 0 Å². The molecule has 34 heavy (non-hydrogen) atoms. The van der Waals surface area contributed by atoms with E-state index < -0.39 is 0 Å². The van der Waals surface area contributed by atoms with Gasteiger partial charge in [0.05, 0.1) is 24.1 Å². The summed E-state index contributed by atoms with van der Waals surface area (Å²) < 4.78 is 7.26. The zero-order valence-electron chi connectivity index (χ0n) is 19.0. The van der Waals surface area contributed by atoms with E-state index in [1.54, 1.807) is 19.2 Å². The number of nitrogens with two attached hydrogens (primary N) is 1. The summed E-state index contributed by atoms with van der Waals surface area (Å²) in [5.74, 6) is 0.784. The Balaban J connectivity index is 1.38. The second-order valence-electron chi connectivity index (χ2n) is 8.33. The lowest BCUT2D eigenvalue weighted by atomic mass is 10.1. The van der Waals surface area contributed by atoms with Crippen molar-refractivity contribution < 1.29 is 9.53 Å². The average molecular weight is 458 g/mol. The van der Waals surface area contributed by atoms with Gasteiger partial charge in [0.2, 0.25) is 0 Å². The molecule has 0 spiro atoms. The van der Waals surface area contributed by atoms with Crippen molar-refractivity contribution in [2.45, 2.75) is 25.4 Å². The second kappa shape index (κ2) is 9.48. The molecule has 9 nitrogen and oxygen atoms in total. The van der Waals surface area contributed by atoms with Gasteiger partial charge in [0.15, 0.2) is 5.65 Å². The number of amides is 1. The van der Waals surface area contributed by atoms with Crippen LogP contribution in [0.2, 0.25) is 0 Å². The molecule has 3 heterocycles. The fourth-order valence-corrected chi connectivity index (χ4v) is 4.38. The van der Waals surface area contributed by atoms with Crippen molar-refractivity contribution in [3.05, 3.63) is 66.0 Å². The number of hydrogen-bond acceptors (Lipinski definition) is 7. The van der Waals surface area contributed by atoms with Crippen LogP contribution in [0, 0.1) is 0 Å². The van der Waals surface area contributed by atoms with Gasteiger partial charge in [-0.3, -0.25) is 4.79 Å². The SMILES string of the molecule is COc1ccccc1C(=O)NCc1ccc(-c2nn([C@@H]3CCCNC3)c3ncnc(N)c23)cc1. The van der Waals surface area contributed by atoms with Gasteiger partial charge in [0.25, 0.3) is 5.91 Å².